The van der Waals surface area contributed by atoms with E-state index in [-0.39, 0.29) is 5.25 Å². The van der Waals surface area contributed by atoms with E-state index in [1.54, 1.807) is 35.6 Å². The Hall–Kier alpha value is -3.04. The zero-order valence-electron chi connectivity index (χ0n) is 17.1. The quantitative estimate of drug-likeness (QED) is 0.256. The summed E-state index contributed by atoms with van der Waals surface area (Å²) in [7, 11) is 0. The molecule has 0 saturated carbocycles. The summed E-state index contributed by atoms with van der Waals surface area (Å²) >= 11 is 3.04. The summed E-state index contributed by atoms with van der Waals surface area (Å²) in [6.07, 6.45) is 0.643. The van der Waals surface area contributed by atoms with Crippen molar-refractivity contribution in [2.24, 2.45) is 0 Å². The Kier molecular flexibility index (Phi) is 5.75. The average Bonchev–Trinajstić information content (AvgIpc) is 3.53. The van der Waals surface area contributed by atoms with Gasteiger partial charge in [0.25, 0.3) is 0 Å². The summed E-state index contributed by atoms with van der Waals surface area (Å²) in [5.74, 6) is 1.12. The van der Waals surface area contributed by atoms with Gasteiger partial charge in [-0.3, -0.25) is 9.13 Å². The third-order valence-corrected chi connectivity index (χ3v) is 7.01. The first-order valence-electron chi connectivity index (χ1n) is 10.1. The summed E-state index contributed by atoms with van der Waals surface area (Å²) in [6, 6.07) is 20.9. The molecule has 3 heterocycles. The number of thioether (sulfide) groups is 1. The van der Waals surface area contributed by atoms with Gasteiger partial charge in [0.05, 0.1) is 16.3 Å². The first-order chi connectivity index (χ1) is 15.6. The molecule has 1 atom stereocenters. The van der Waals surface area contributed by atoms with Gasteiger partial charge in [-0.2, -0.15) is 8.78 Å². The molecular formula is C23H19F2N5S2. The smallest absolute Gasteiger partial charge is 0.274 e. The van der Waals surface area contributed by atoms with Crippen molar-refractivity contribution in [3.63, 3.8) is 0 Å². The maximum absolute atomic E-state index is 13.9. The minimum Gasteiger partial charge on any atom is -0.274 e. The Morgan fingerprint density at radius 1 is 0.969 bits per heavy atom. The van der Waals surface area contributed by atoms with Crippen molar-refractivity contribution in [3.05, 3.63) is 88.6 Å². The van der Waals surface area contributed by atoms with Gasteiger partial charge in [0, 0.05) is 17.0 Å². The largest absolute Gasteiger partial charge is 0.320 e. The second-order valence-corrected chi connectivity index (χ2v) is 9.53. The van der Waals surface area contributed by atoms with E-state index >= 15 is 0 Å². The van der Waals surface area contributed by atoms with E-state index in [1.165, 1.54) is 16.6 Å². The molecule has 0 aliphatic carbocycles. The number of fused-ring (bicyclic) bond motifs is 1. The summed E-state index contributed by atoms with van der Waals surface area (Å²) in [4.78, 5) is 5.69. The molecule has 5 aromatic rings. The summed E-state index contributed by atoms with van der Waals surface area (Å²) < 4.78 is 30.9. The highest BCUT2D eigenvalue weighted by Crippen LogP contribution is 2.38. The highest BCUT2D eigenvalue weighted by Gasteiger charge is 2.25. The second kappa shape index (κ2) is 8.84. The number of imidazole rings is 1. The van der Waals surface area contributed by atoms with E-state index in [0.717, 1.165) is 16.1 Å². The molecule has 0 spiro atoms. The first kappa shape index (κ1) is 20.8. The van der Waals surface area contributed by atoms with Crippen LogP contribution < -0.4 is 0 Å². The lowest BCUT2D eigenvalue weighted by molar-refractivity contribution is 0.0715. The molecule has 162 valence electrons. The van der Waals surface area contributed by atoms with Crippen LogP contribution in [0.15, 0.2) is 77.3 Å². The number of rotatable bonds is 7. The Morgan fingerprint density at radius 3 is 2.50 bits per heavy atom. The molecule has 0 aliphatic heterocycles. The van der Waals surface area contributed by atoms with Gasteiger partial charge in [-0.15, -0.1) is 21.5 Å². The molecule has 5 nitrogen and oxygen atoms in total. The van der Waals surface area contributed by atoms with Gasteiger partial charge in [0.1, 0.15) is 11.6 Å². The number of halogens is 2. The van der Waals surface area contributed by atoms with E-state index in [9.17, 15) is 8.78 Å². The molecule has 1 unspecified atom stereocenters. The van der Waals surface area contributed by atoms with Crippen LogP contribution in [0.1, 0.15) is 35.2 Å². The minimum absolute atomic E-state index is 0.314. The van der Waals surface area contributed by atoms with Crippen molar-refractivity contribution < 1.29 is 8.78 Å². The van der Waals surface area contributed by atoms with E-state index in [4.69, 9.17) is 0 Å². The van der Waals surface area contributed by atoms with Crippen molar-refractivity contribution in [3.8, 4) is 5.69 Å². The standard InChI is InChI=1S/C23H19F2N5S2/c1-15(21-26-18-11-5-6-12-19(18)30(21)22(24)25)32-23-28-27-20(14-17-10-7-13-31-17)29(23)16-8-3-2-4-9-16/h2-13,15,22H,14H2,1H3. The molecule has 0 saturated heterocycles. The molecule has 3 aromatic heterocycles. The number of nitrogens with zero attached hydrogens (tertiary/aromatic N) is 5. The number of aromatic nitrogens is 5. The van der Waals surface area contributed by atoms with Gasteiger partial charge >= 0.3 is 6.55 Å². The average molecular weight is 468 g/mol. The van der Waals surface area contributed by atoms with Crippen LogP contribution in [-0.2, 0) is 6.42 Å². The van der Waals surface area contributed by atoms with Crippen molar-refractivity contribution in [2.75, 3.05) is 0 Å². The molecule has 2 aromatic carbocycles. The Labute approximate surface area is 191 Å². The van der Waals surface area contributed by atoms with Gasteiger partial charge in [-0.05, 0) is 42.6 Å². The molecule has 5 rings (SSSR count). The maximum Gasteiger partial charge on any atom is 0.320 e. The molecule has 0 fully saturated rings. The maximum atomic E-state index is 13.9. The van der Waals surface area contributed by atoms with Crippen molar-refractivity contribution in [1.82, 2.24) is 24.3 Å². The molecule has 9 heteroatoms. The Morgan fingerprint density at radius 2 is 1.75 bits per heavy atom. The van der Waals surface area contributed by atoms with Gasteiger partial charge in [0.2, 0.25) is 0 Å². The van der Waals surface area contributed by atoms with Gasteiger partial charge in [-0.25, -0.2) is 4.98 Å². The lowest BCUT2D eigenvalue weighted by Crippen LogP contribution is -2.08. The number of alkyl halides is 2. The highest BCUT2D eigenvalue weighted by molar-refractivity contribution is 7.99. The van der Waals surface area contributed by atoms with Crippen LogP contribution in [0.4, 0.5) is 8.78 Å². The SMILES string of the molecule is CC(Sc1nnc(Cc2cccs2)n1-c1ccccc1)c1nc2ccccc2n1C(F)F. The van der Waals surface area contributed by atoms with E-state index in [0.29, 0.717) is 28.4 Å². The van der Waals surface area contributed by atoms with Crippen molar-refractivity contribution in [2.45, 2.75) is 30.3 Å². The normalized spacial score (nSPS) is 12.6. The topological polar surface area (TPSA) is 48.5 Å². The molecule has 0 bridgehead atoms. The summed E-state index contributed by atoms with van der Waals surface area (Å²) in [6.45, 7) is -0.810. The van der Waals surface area contributed by atoms with Crippen LogP contribution in [0.5, 0.6) is 0 Å². The molecule has 0 amide bonds. The molecule has 0 radical (unpaired) electrons. The van der Waals surface area contributed by atoms with E-state index in [1.807, 2.05) is 53.3 Å². The number of benzene rings is 2. The van der Waals surface area contributed by atoms with Crippen LogP contribution in [0.3, 0.4) is 0 Å². The van der Waals surface area contributed by atoms with Crippen LogP contribution in [0, 0.1) is 0 Å². The van der Waals surface area contributed by atoms with Crippen LogP contribution in [0.2, 0.25) is 0 Å². The third kappa shape index (κ3) is 3.93. The van der Waals surface area contributed by atoms with Crippen molar-refractivity contribution >= 4 is 34.1 Å². The predicted molar refractivity (Wildman–Crippen MR) is 124 cm³/mol. The zero-order chi connectivity index (χ0) is 22.1. The fourth-order valence-electron chi connectivity index (χ4n) is 3.66. The first-order valence-corrected chi connectivity index (χ1v) is 11.8. The van der Waals surface area contributed by atoms with E-state index in [2.05, 4.69) is 21.2 Å². The third-order valence-electron chi connectivity index (χ3n) is 5.09. The van der Waals surface area contributed by atoms with Crippen LogP contribution in [-0.4, -0.2) is 24.3 Å². The number of thiophene rings is 1. The second-order valence-electron chi connectivity index (χ2n) is 7.19. The lowest BCUT2D eigenvalue weighted by Gasteiger charge is -2.15. The van der Waals surface area contributed by atoms with Crippen LogP contribution in [0.25, 0.3) is 16.7 Å². The Balaban J connectivity index is 1.54. The Bertz CT molecular complexity index is 1330. The predicted octanol–water partition coefficient (Wildman–Crippen LogP) is 6.52. The number of hydrogen-bond acceptors (Lipinski definition) is 5. The number of hydrogen-bond donors (Lipinski definition) is 0. The highest BCUT2D eigenvalue weighted by atomic mass is 32.2. The monoisotopic (exact) mass is 467 g/mol. The van der Waals surface area contributed by atoms with Crippen molar-refractivity contribution in [1.29, 1.82) is 0 Å². The zero-order valence-corrected chi connectivity index (χ0v) is 18.7. The molecular weight excluding hydrogens is 448 g/mol. The van der Waals surface area contributed by atoms with Crippen LogP contribution >= 0.6 is 23.1 Å². The fraction of sp³-hybridized carbons (Fsp3) is 0.174. The molecule has 0 aliphatic rings. The van der Waals surface area contributed by atoms with Gasteiger partial charge < -0.3 is 0 Å². The van der Waals surface area contributed by atoms with Gasteiger partial charge in [0.15, 0.2) is 5.16 Å². The van der Waals surface area contributed by atoms with Gasteiger partial charge in [-0.1, -0.05) is 48.2 Å². The minimum atomic E-state index is -2.68. The lowest BCUT2D eigenvalue weighted by atomic mass is 10.3. The number of para-hydroxylation sites is 3. The van der Waals surface area contributed by atoms with E-state index < -0.39 is 6.55 Å². The molecule has 32 heavy (non-hydrogen) atoms. The molecule has 0 N–H and O–H groups in total. The summed E-state index contributed by atoms with van der Waals surface area (Å²) in [5.41, 5.74) is 1.91. The summed E-state index contributed by atoms with van der Waals surface area (Å²) in [5, 5.41) is 11.2. The fourth-order valence-corrected chi connectivity index (χ4v) is 5.36.